The number of hydrogen-bond acceptors (Lipinski definition) is 2. The van der Waals surface area contributed by atoms with Gasteiger partial charge < -0.3 is 45.0 Å². The van der Waals surface area contributed by atoms with E-state index in [0.29, 0.717) is 12.8 Å². The van der Waals surface area contributed by atoms with E-state index in [1.165, 1.54) is 0 Å². The molecule has 0 saturated heterocycles. The topological polar surface area (TPSA) is 62.3 Å². The molecule has 7 heteroatoms. The average Bonchev–Trinajstić information content (AvgIpc) is 2.57. The van der Waals surface area contributed by atoms with E-state index in [1.54, 1.807) is 13.8 Å². The van der Waals surface area contributed by atoms with Crippen LogP contribution in [0.5, 0.6) is 0 Å². The van der Waals surface area contributed by atoms with Gasteiger partial charge in [0.25, 0.3) is 0 Å². The molecule has 0 bridgehead atoms. The maximum atomic E-state index is 10.8. The number of benzene rings is 2. The van der Waals surface area contributed by atoms with Crippen LogP contribution in [-0.2, 0) is 31.3 Å². The van der Waals surface area contributed by atoms with E-state index in [-0.39, 0.29) is 58.3 Å². The van der Waals surface area contributed by atoms with Crippen molar-refractivity contribution in [2.45, 2.75) is 26.7 Å². The van der Waals surface area contributed by atoms with Crippen molar-refractivity contribution in [2.75, 3.05) is 0 Å². The third-order valence-corrected chi connectivity index (χ3v) is 2.62. The molecule has 25 heavy (non-hydrogen) atoms. The minimum Gasteiger partial charge on any atom is -1.00 e. The van der Waals surface area contributed by atoms with Crippen LogP contribution in [-0.4, -0.2) is 11.8 Å². The minimum absolute atomic E-state index is 0. The first-order valence-electron chi connectivity index (χ1n) is 7.25. The molecule has 0 saturated carbocycles. The fraction of sp³-hybridized carbons (Fsp3) is 0.222. The summed E-state index contributed by atoms with van der Waals surface area (Å²) >= 11 is 0. The van der Waals surface area contributed by atoms with Gasteiger partial charge in [-0.3, -0.25) is 0 Å². The monoisotopic (exact) mass is 414 g/mol. The van der Waals surface area contributed by atoms with Crippen molar-refractivity contribution in [3.05, 3.63) is 71.3 Å². The van der Waals surface area contributed by atoms with Crippen molar-refractivity contribution in [1.29, 1.82) is 0 Å². The Morgan fingerprint density at radius 2 is 0.960 bits per heavy atom. The summed E-state index contributed by atoms with van der Waals surface area (Å²) in [6.45, 7) is 3.60. The molecule has 0 aliphatic heterocycles. The van der Waals surface area contributed by atoms with Crippen molar-refractivity contribution in [2.24, 2.45) is 0 Å². The molecule has 4 nitrogen and oxygen atoms in total. The molecule has 0 unspecified atom stereocenters. The van der Waals surface area contributed by atoms with Crippen molar-refractivity contribution in [3.8, 4) is 0 Å². The number of hydrogen-bond donors (Lipinski definition) is 0. The van der Waals surface area contributed by atoms with Gasteiger partial charge in [-0.1, -0.05) is 74.5 Å². The molecule has 0 spiro atoms. The zero-order valence-corrected chi connectivity index (χ0v) is 17.2. The Bertz CT molecular complexity index is 531. The third-order valence-electron chi connectivity index (χ3n) is 2.62. The van der Waals surface area contributed by atoms with Gasteiger partial charge in [0.2, 0.25) is 0 Å². The molecule has 0 aromatic heterocycles. The Labute approximate surface area is 176 Å². The van der Waals surface area contributed by atoms with Gasteiger partial charge in [0, 0.05) is 0 Å². The number of rotatable bonds is 4. The largest absolute Gasteiger partial charge is 4.00 e. The molecule has 2 amide bonds. The smallest absolute Gasteiger partial charge is 1.00 e. The molecule has 0 N–H and O–H groups in total. The molecule has 2 aromatic carbocycles. The van der Waals surface area contributed by atoms with Crippen LogP contribution in [0.25, 0.3) is 10.6 Å². The van der Waals surface area contributed by atoms with Crippen LogP contribution < -0.4 is 24.8 Å². The first kappa shape index (κ1) is 28.5. The normalized spacial score (nSPS) is 8.08. The third kappa shape index (κ3) is 13.6. The maximum Gasteiger partial charge on any atom is 4.00 e. The fourth-order valence-corrected chi connectivity index (χ4v) is 1.45. The Kier molecular flexibility index (Phi) is 19.9. The second-order valence-corrected chi connectivity index (χ2v) is 4.39. The van der Waals surface area contributed by atoms with E-state index >= 15 is 0 Å². The van der Waals surface area contributed by atoms with E-state index < -0.39 is 0 Å². The molecule has 0 atom stereocenters. The summed E-state index contributed by atoms with van der Waals surface area (Å²) in [5.74, 6) is -0.146. The van der Waals surface area contributed by atoms with Gasteiger partial charge in [0.1, 0.15) is 0 Å². The first-order valence-corrected chi connectivity index (χ1v) is 7.25. The van der Waals surface area contributed by atoms with Crippen LogP contribution in [0.15, 0.2) is 60.7 Å². The van der Waals surface area contributed by atoms with Crippen molar-refractivity contribution in [3.63, 3.8) is 0 Å². The molecule has 0 fully saturated rings. The Morgan fingerprint density at radius 3 is 1.20 bits per heavy atom. The predicted molar refractivity (Wildman–Crippen MR) is 89.5 cm³/mol. The molecular formula is C18H20Cl2N2O2Ti. The van der Waals surface area contributed by atoms with Crippen LogP contribution in [0.4, 0.5) is 11.4 Å². The summed E-state index contributed by atoms with van der Waals surface area (Å²) in [6, 6.07) is 18.5. The molecule has 0 aliphatic rings. The minimum atomic E-state index is -0.0730. The second kappa shape index (κ2) is 17.5. The molecule has 2 aromatic rings. The van der Waals surface area contributed by atoms with Gasteiger partial charge in [-0.25, -0.2) is 0 Å². The summed E-state index contributed by atoms with van der Waals surface area (Å²) in [6.07, 6.45) is 0.934. The Hall–Kier alpha value is -1.33. The van der Waals surface area contributed by atoms with Gasteiger partial charge in [-0.2, -0.15) is 0 Å². The van der Waals surface area contributed by atoms with Crippen molar-refractivity contribution in [1.82, 2.24) is 0 Å². The van der Waals surface area contributed by atoms with Crippen LogP contribution in [0.3, 0.4) is 0 Å². The van der Waals surface area contributed by atoms with E-state index in [1.807, 2.05) is 60.7 Å². The first-order chi connectivity index (χ1) is 10.7. The maximum absolute atomic E-state index is 10.8. The van der Waals surface area contributed by atoms with Gasteiger partial charge in [0.05, 0.1) is 11.8 Å². The number of nitrogens with zero attached hydrogens (tertiary/aromatic N) is 2. The number of carbonyl (C=O) groups is 2. The molecule has 132 valence electrons. The van der Waals surface area contributed by atoms with Gasteiger partial charge in [-0.05, 0) is 12.8 Å². The molecule has 0 heterocycles. The van der Waals surface area contributed by atoms with Gasteiger partial charge in [0.15, 0.2) is 0 Å². The predicted octanol–water partition coefficient (Wildman–Crippen LogP) is -0.738. The number of para-hydroxylation sites is 2. The zero-order chi connectivity index (χ0) is 16.2. The quantitative estimate of drug-likeness (QED) is 0.618. The summed E-state index contributed by atoms with van der Waals surface area (Å²) in [5, 5.41) is 7.68. The standard InChI is InChI=1S/2C9H11NO.2ClH.Ti/c2*1-2-9(11)10-8-6-4-3-5-7-8;;;/h2*3-7H,2H2,1H3,(H,10,11);2*1H;/q;;;;+4/p-4. The summed E-state index contributed by atoms with van der Waals surface area (Å²) in [5.41, 5.74) is 1.47. The fourth-order valence-electron chi connectivity index (χ4n) is 1.45. The van der Waals surface area contributed by atoms with E-state index in [9.17, 15) is 9.59 Å². The molecule has 0 radical (unpaired) electrons. The summed E-state index contributed by atoms with van der Waals surface area (Å²) < 4.78 is 0. The van der Waals surface area contributed by atoms with E-state index in [0.717, 1.165) is 11.4 Å². The zero-order valence-electron chi connectivity index (χ0n) is 14.2. The van der Waals surface area contributed by atoms with Crippen LogP contribution in [0, 0.1) is 0 Å². The molecule has 2 rings (SSSR count). The van der Waals surface area contributed by atoms with E-state index in [4.69, 9.17) is 0 Å². The van der Waals surface area contributed by atoms with Crippen molar-refractivity contribution < 1.29 is 56.1 Å². The van der Waals surface area contributed by atoms with E-state index in [2.05, 4.69) is 10.6 Å². The summed E-state index contributed by atoms with van der Waals surface area (Å²) in [4.78, 5) is 21.6. The number of halogens is 2. The number of amides is 2. The Morgan fingerprint density at radius 1 is 0.680 bits per heavy atom. The van der Waals surface area contributed by atoms with Crippen LogP contribution >= 0.6 is 0 Å². The molecule has 0 aliphatic carbocycles. The number of carbonyl (C=O) groups excluding carboxylic acids is 2. The second-order valence-electron chi connectivity index (χ2n) is 4.39. The Balaban J connectivity index is -0.000000346. The van der Waals surface area contributed by atoms with Crippen molar-refractivity contribution >= 4 is 23.2 Å². The average molecular weight is 415 g/mol. The SMILES string of the molecule is CCC(=O)[N-]c1ccccc1.CCC(=O)[N-]c1ccccc1.[Cl-].[Cl-].[Ti+4]. The van der Waals surface area contributed by atoms with Crippen LogP contribution in [0.2, 0.25) is 0 Å². The molecular weight excluding hydrogens is 395 g/mol. The summed E-state index contributed by atoms with van der Waals surface area (Å²) in [7, 11) is 0. The van der Waals surface area contributed by atoms with Gasteiger partial charge in [-0.15, -0.1) is 11.4 Å². The van der Waals surface area contributed by atoms with Gasteiger partial charge >= 0.3 is 21.7 Å². The van der Waals surface area contributed by atoms with Crippen LogP contribution in [0.1, 0.15) is 26.7 Å².